The molecule has 2 aliphatic rings. The van der Waals surface area contributed by atoms with E-state index in [0.717, 1.165) is 0 Å². The van der Waals surface area contributed by atoms with Crippen molar-refractivity contribution in [2.75, 3.05) is 5.88 Å². The SMILES string of the molecule is C[C@@]1(OC=O)[C@@H](C(=O)C2=CC(O[Si](C)(C)C)=CCC2)NC(=O)[C@@H]1CCCl. The quantitative estimate of drug-likeness (QED) is 0.385. The molecule has 0 unspecified atom stereocenters. The van der Waals surface area contributed by atoms with Gasteiger partial charge in [0.25, 0.3) is 6.47 Å². The summed E-state index contributed by atoms with van der Waals surface area (Å²) in [6.45, 7) is 8.11. The van der Waals surface area contributed by atoms with Gasteiger partial charge in [-0.25, -0.2) is 0 Å². The summed E-state index contributed by atoms with van der Waals surface area (Å²) < 4.78 is 11.2. The average molecular weight is 400 g/mol. The normalized spacial score (nSPS) is 28.7. The molecular weight excluding hydrogens is 374 g/mol. The number of rotatable bonds is 8. The number of alkyl halides is 1. The van der Waals surface area contributed by atoms with E-state index in [2.05, 4.69) is 25.0 Å². The Morgan fingerprint density at radius 3 is 2.73 bits per heavy atom. The summed E-state index contributed by atoms with van der Waals surface area (Å²) >= 11 is 5.79. The lowest BCUT2D eigenvalue weighted by Crippen LogP contribution is -2.51. The first-order valence-corrected chi connectivity index (χ1v) is 12.7. The van der Waals surface area contributed by atoms with Crippen molar-refractivity contribution in [2.24, 2.45) is 5.92 Å². The van der Waals surface area contributed by atoms with Crippen molar-refractivity contribution in [3.63, 3.8) is 0 Å². The molecule has 1 aliphatic carbocycles. The summed E-state index contributed by atoms with van der Waals surface area (Å²) in [5.74, 6) is -0.297. The number of allylic oxidation sites excluding steroid dienone is 2. The molecule has 0 aromatic carbocycles. The van der Waals surface area contributed by atoms with Gasteiger partial charge in [-0.3, -0.25) is 14.4 Å². The van der Waals surface area contributed by atoms with Crippen molar-refractivity contribution in [2.45, 2.75) is 57.5 Å². The van der Waals surface area contributed by atoms with Gasteiger partial charge in [-0.2, -0.15) is 0 Å². The lowest BCUT2D eigenvalue weighted by atomic mass is 9.80. The molecule has 0 saturated carbocycles. The number of carbonyl (C=O) groups is 3. The summed E-state index contributed by atoms with van der Waals surface area (Å²) in [7, 11) is -1.79. The van der Waals surface area contributed by atoms with Gasteiger partial charge in [0, 0.05) is 11.5 Å². The zero-order valence-corrected chi connectivity index (χ0v) is 17.4. The number of carbonyl (C=O) groups excluding carboxylic acids is 3. The maximum atomic E-state index is 13.1. The van der Waals surface area contributed by atoms with Crippen LogP contribution in [0.4, 0.5) is 0 Å². The summed E-state index contributed by atoms with van der Waals surface area (Å²) in [4.78, 5) is 36.5. The zero-order chi connectivity index (χ0) is 19.5. The van der Waals surface area contributed by atoms with Crippen molar-refractivity contribution in [1.82, 2.24) is 5.32 Å². The molecule has 144 valence electrons. The van der Waals surface area contributed by atoms with Crippen LogP contribution in [0.5, 0.6) is 0 Å². The van der Waals surface area contributed by atoms with Crippen molar-refractivity contribution >= 4 is 38.1 Å². The molecule has 0 aromatic rings. The zero-order valence-electron chi connectivity index (χ0n) is 15.6. The van der Waals surface area contributed by atoms with Crippen LogP contribution in [0, 0.1) is 5.92 Å². The van der Waals surface area contributed by atoms with Crippen LogP contribution in [0.3, 0.4) is 0 Å². The molecule has 1 N–H and O–H groups in total. The Kier molecular flexibility index (Phi) is 6.34. The predicted octanol–water partition coefficient (Wildman–Crippen LogP) is 2.69. The number of nitrogens with one attached hydrogen (secondary N) is 1. The smallest absolute Gasteiger partial charge is 0.293 e. The molecule has 0 radical (unpaired) electrons. The number of hydrogen-bond donors (Lipinski definition) is 1. The standard InChI is InChI=1S/C18H26ClNO5Si/c1-18(24-11-21)14(8-9-19)17(23)20-16(18)15(22)12-6-5-7-13(10-12)25-26(2,3)4/h7,10-11,14,16H,5-6,8-9H2,1-4H3,(H,20,23)/t14-,16+,18-/m0/s1. The molecule has 1 heterocycles. The number of hydrogen-bond acceptors (Lipinski definition) is 5. The molecule has 26 heavy (non-hydrogen) atoms. The maximum absolute atomic E-state index is 13.1. The Morgan fingerprint density at radius 1 is 1.46 bits per heavy atom. The Labute approximate surface area is 160 Å². The molecule has 0 aromatic heterocycles. The van der Waals surface area contributed by atoms with Gasteiger partial charge in [0.2, 0.25) is 14.2 Å². The largest absolute Gasteiger partial charge is 0.545 e. The lowest BCUT2D eigenvalue weighted by Gasteiger charge is -2.32. The van der Waals surface area contributed by atoms with E-state index in [4.69, 9.17) is 20.8 Å². The lowest BCUT2D eigenvalue weighted by molar-refractivity contribution is -0.150. The summed E-state index contributed by atoms with van der Waals surface area (Å²) in [6, 6.07) is -0.925. The molecular formula is C18H26ClNO5Si. The number of halogens is 1. The number of amides is 1. The predicted molar refractivity (Wildman–Crippen MR) is 101 cm³/mol. The minimum absolute atomic E-state index is 0.233. The van der Waals surface area contributed by atoms with Crippen LogP contribution in [0.15, 0.2) is 23.5 Å². The molecule has 0 bridgehead atoms. The van der Waals surface area contributed by atoms with Crippen LogP contribution in [-0.4, -0.2) is 44.0 Å². The van der Waals surface area contributed by atoms with Crippen molar-refractivity contribution in [3.8, 4) is 0 Å². The highest BCUT2D eigenvalue weighted by atomic mass is 35.5. The van der Waals surface area contributed by atoms with Gasteiger partial charge in [-0.1, -0.05) is 0 Å². The van der Waals surface area contributed by atoms with Crippen LogP contribution >= 0.6 is 11.6 Å². The van der Waals surface area contributed by atoms with E-state index < -0.39 is 25.9 Å². The van der Waals surface area contributed by atoms with Crippen molar-refractivity contribution < 1.29 is 23.5 Å². The van der Waals surface area contributed by atoms with E-state index in [1.54, 1.807) is 13.0 Å². The molecule has 1 aliphatic heterocycles. The van der Waals surface area contributed by atoms with Crippen LogP contribution in [-0.2, 0) is 23.5 Å². The minimum atomic E-state index is -1.79. The minimum Gasteiger partial charge on any atom is -0.545 e. The first-order valence-electron chi connectivity index (χ1n) is 8.74. The second-order valence-corrected chi connectivity index (χ2v) is 12.6. The van der Waals surface area contributed by atoms with Gasteiger partial charge in [-0.15, -0.1) is 11.6 Å². The number of ether oxygens (including phenoxy) is 1. The molecule has 0 spiro atoms. The molecule has 1 amide bonds. The molecule has 6 nitrogen and oxygen atoms in total. The Hall–Kier alpha value is -1.60. The first kappa shape index (κ1) is 20.7. The summed E-state index contributed by atoms with van der Waals surface area (Å²) in [5, 5.41) is 2.70. The van der Waals surface area contributed by atoms with Crippen molar-refractivity contribution in [1.29, 1.82) is 0 Å². The average Bonchev–Trinajstić information content (AvgIpc) is 2.78. The fourth-order valence-corrected chi connectivity index (χ4v) is 4.50. The topological polar surface area (TPSA) is 81.7 Å². The van der Waals surface area contributed by atoms with Crippen molar-refractivity contribution in [3.05, 3.63) is 23.5 Å². The van der Waals surface area contributed by atoms with E-state index in [0.29, 0.717) is 30.6 Å². The van der Waals surface area contributed by atoms with Gasteiger partial charge in [0.15, 0.2) is 5.78 Å². The van der Waals surface area contributed by atoms with Gasteiger partial charge < -0.3 is 14.5 Å². The maximum Gasteiger partial charge on any atom is 0.293 e. The highest BCUT2D eigenvalue weighted by Crippen LogP contribution is 2.36. The Bertz CT molecular complexity index is 654. The fourth-order valence-electron chi connectivity index (χ4n) is 3.43. The number of ketones is 1. The second kappa shape index (κ2) is 7.96. The highest BCUT2D eigenvalue weighted by Gasteiger charge is 2.56. The molecule has 8 heteroatoms. The molecule has 1 fully saturated rings. The first-order chi connectivity index (χ1) is 12.1. The van der Waals surface area contributed by atoms with E-state index in [9.17, 15) is 14.4 Å². The third kappa shape index (κ3) is 4.38. The fraction of sp³-hybridized carbons (Fsp3) is 0.611. The molecule has 2 rings (SSSR count). The summed E-state index contributed by atoms with van der Waals surface area (Å²) in [5.41, 5.74) is -0.689. The monoisotopic (exact) mass is 399 g/mol. The van der Waals surface area contributed by atoms with Gasteiger partial charge in [0.05, 0.1) is 11.7 Å². The highest BCUT2D eigenvalue weighted by molar-refractivity contribution is 6.70. The van der Waals surface area contributed by atoms with Crippen LogP contribution < -0.4 is 5.32 Å². The third-order valence-corrected chi connectivity index (χ3v) is 5.71. The van der Waals surface area contributed by atoms with Gasteiger partial charge in [-0.05, 0) is 58.0 Å². The van der Waals surface area contributed by atoms with E-state index in [-0.39, 0.29) is 24.0 Å². The second-order valence-electron chi connectivity index (χ2n) is 7.76. The van der Waals surface area contributed by atoms with Gasteiger partial charge >= 0.3 is 0 Å². The molecule has 1 saturated heterocycles. The summed E-state index contributed by atoms with van der Waals surface area (Å²) in [6.07, 6.45) is 5.28. The van der Waals surface area contributed by atoms with E-state index >= 15 is 0 Å². The Balaban J connectivity index is 2.28. The van der Waals surface area contributed by atoms with E-state index in [1.807, 2.05) is 6.08 Å². The van der Waals surface area contributed by atoms with Crippen LogP contribution in [0.1, 0.15) is 26.2 Å². The third-order valence-electron chi connectivity index (χ3n) is 4.65. The van der Waals surface area contributed by atoms with Crippen LogP contribution in [0.25, 0.3) is 0 Å². The van der Waals surface area contributed by atoms with E-state index in [1.165, 1.54) is 0 Å². The number of Topliss-reactive ketones (excluding diaryl/α,β-unsaturated/α-hetero) is 1. The van der Waals surface area contributed by atoms with Crippen LogP contribution in [0.2, 0.25) is 19.6 Å². The van der Waals surface area contributed by atoms with Gasteiger partial charge in [0.1, 0.15) is 11.6 Å². The molecule has 3 atom stereocenters. The Morgan fingerprint density at radius 2 is 2.15 bits per heavy atom.